The predicted octanol–water partition coefficient (Wildman–Crippen LogP) is 0.0279. The van der Waals surface area contributed by atoms with Gasteiger partial charge in [0.25, 0.3) is 0 Å². The third kappa shape index (κ3) is 1.82. The lowest BCUT2D eigenvalue weighted by atomic mass is 10.3. The first-order valence-corrected chi connectivity index (χ1v) is 4.34. The van der Waals surface area contributed by atoms with Crippen molar-refractivity contribution in [2.75, 3.05) is 0 Å². The first-order valence-electron chi connectivity index (χ1n) is 4.34. The molecule has 13 heavy (non-hydrogen) atoms. The lowest BCUT2D eigenvalue weighted by Gasteiger charge is -2.01. The van der Waals surface area contributed by atoms with Crippen LogP contribution in [0, 0.1) is 5.92 Å². The Morgan fingerprint density at radius 1 is 1.69 bits per heavy atom. The van der Waals surface area contributed by atoms with Crippen molar-refractivity contribution in [2.45, 2.75) is 25.8 Å². The minimum absolute atomic E-state index is 0.0978. The maximum absolute atomic E-state index is 5.75. The summed E-state index contributed by atoms with van der Waals surface area (Å²) in [5.74, 6) is 1.80. The zero-order valence-electron chi connectivity index (χ0n) is 7.44. The maximum Gasteiger partial charge on any atom is 0.198 e. The Labute approximate surface area is 75.6 Å². The minimum Gasteiger partial charge on any atom is -0.387 e. The van der Waals surface area contributed by atoms with Crippen LogP contribution >= 0.6 is 0 Å². The molecule has 1 aliphatic carbocycles. The van der Waals surface area contributed by atoms with E-state index < -0.39 is 0 Å². The van der Waals surface area contributed by atoms with Crippen LogP contribution in [0.1, 0.15) is 31.6 Å². The summed E-state index contributed by atoms with van der Waals surface area (Å²) >= 11 is 0. The van der Waals surface area contributed by atoms with E-state index in [4.69, 9.17) is 5.73 Å². The first kappa shape index (κ1) is 8.15. The topological polar surface area (TPSA) is 92.8 Å². The van der Waals surface area contributed by atoms with Crippen molar-refractivity contribution in [3.63, 3.8) is 0 Å². The van der Waals surface area contributed by atoms with Gasteiger partial charge < -0.3 is 5.73 Å². The molecule has 2 rings (SSSR count). The van der Waals surface area contributed by atoms with E-state index in [0.29, 0.717) is 11.7 Å². The number of nitrogens with zero attached hydrogens (tertiary/aromatic N) is 4. The molecular weight excluding hydrogens is 168 g/mol. The molecule has 0 spiro atoms. The Hall–Kier alpha value is -1.46. The maximum atomic E-state index is 5.75. The predicted molar refractivity (Wildman–Crippen MR) is 46.9 cm³/mol. The van der Waals surface area contributed by atoms with Gasteiger partial charge in [-0.05, 0) is 19.8 Å². The Morgan fingerprint density at radius 2 is 2.46 bits per heavy atom. The fourth-order valence-corrected chi connectivity index (χ4v) is 1.11. The summed E-state index contributed by atoms with van der Waals surface area (Å²) in [4.78, 5) is 4.29. The molecule has 0 aromatic carbocycles. The van der Waals surface area contributed by atoms with Crippen LogP contribution in [0.15, 0.2) is 4.99 Å². The molecule has 1 unspecified atom stereocenters. The number of nitrogens with two attached hydrogens (primary N) is 1. The van der Waals surface area contributed by atoms with Crippen molar-refractivity contribution in [1.82, 2.24) is 20.6 Å². The standard InChI is InChI=1S/C7H12N6/c1-4(7-10-12-13-11-7)9-6(8)5-2-3-5/h4-5H,2-3H2,1H3,(H2,8,9)(H,10,11,12,13). The molecule has 0 radical (unpaired) electrons. The number of rotatable bonds is 3. The zero-order chi connectivity index (χ0) is 9.26. The molecular formula is C7H12N6. The van der Waals surface area contributed by atoms with Gasteiger partial charge in [0.1, 0.15) is 6.04 Å². The first-order chi connectivity index (χ1) is 6.27. The molecule has 1 aromatic rings. The number of aromatic nitrogens is 4. The molecule has 0 amide bonds. The van der Waals surface area contributed by atoms with Gasteiger partial charge in [-0.25, -0.2) is 0 Å². The highest BCUT2D eigenvalue weighted by Gasteiger charge is 2.26. The van der Waals surface area contributed by atoms with E-state index in [9.17, 15) is 0 Å². The molecule has 1 atom stereocenters. The number of nitrogens with one attached hydrogen (secondary N) is 1. The Balaban J connectivity index is 2.05. The number of aliphatic imine (C=N–C) groups is 1. The molecule has 70 valence electrons. The summed E-state index contributed by atoms with van der Waals surface area (Å²) in [6.07, 6.45) is 2.32. The molecule has 3 N–H and O–H groups in total. The molecule has 1 aliphatic rings. The van der Waals surface area contributed by atoms with Crippen LogP contribution in [0.5, 0.6) is 0 Å². The molecule has 0 bridgehead atoms. The fraction of sp³-hybridized carbons (Fsp3) is 0.714. The second kappa shape index (κ2) is 3.12. The van der Waals surface area contributed by atoms with Gasteiger partial charge in [-0.2, -0.15) is 5.21 Å². The van der Waals surface area contributed by atoms with Gasteiger partial charge >= 0.3 is 0 Å². The third-order valence-electron chi connectivity index (χ3n) is 2.07. The Bertz CT molecular complexity index is 299. The molecule has 6 heteroatoms. The average molecular weight is 180 g/mol. The second-order valence-corrected chi connectivity index (χ2v) is 3.27. The van der Waals surface area contributed by atoms with Gasteiger partial charge in [0.15, 0.2) is 5.82 Å². The SMILES string of the molecule is CC(N=C(N)C1CC1)c1nn[nH]n1. The number of tetrazole rings is 1. The van der Waals surface area contributed by atoms with Gasteiger partial charge in [0.05, 0.1) is 5.84 Å². The quantitative estimate of drug-likeness (QED) is 0.507. The normalized spacial score (nSPS) is 20.2. The smallest absolute Gasteiger partial charge is 0.198 e. The van der Waals surface area contributed by atoms with Crippen LogP contribution in [0.4, 0.5) is 0 Å². The van der Waals surface area contributed by atoms with Crippen molar-refractivity contribution in [2.24, 2.45) is 16.6 Å². The van der Waals surface area contributed by atoms with E-state index in [1.807, 2.05) is 6.92 Å². The van der Waals surface area contributed by atoms with Crippen LogP contribution < -0.4 is 5.73 Å². The Morgan fingerprint density at radius 3 is 3.00 bits per heavy atom. The third-order valence-corrected chi connectivity index (χ3v) is 2.07. The molecule has 1 aromatic heterocycles. The largest absolute Gasteiger partial charge is 0.387 e. The summed E-state index contributed by atoms with van der Waals surface area (Å²) < 4.78 is 0. The second-order valence-electron chi connectivity index (χ2n) is 3.27. The van der Waals surface area contributed by atoms with Gasteiger partial charge in [-0.1, -0.05) is 5.21 Å². The lowest BCUT2D eigenvalue weighted by molar-refractivity contribution is 0.738. The number of H-pyrrole nitrogens is 1. The zero-order valence-corrected chi connectivity index (χ0v) is 7.44. The summed E-state index contributed by atoms with van der Waals surface area (Å²) in [5.41, 5.74) is 5.75. The number of aromatic amines is 1. The van der Waals surface area contributed by atoms with Crippen LogP contribution in [-0.4, -0.2) is 26.5 Å². The van der Waals surface area contributed by atoms with Gasteiger partial charge in [0, 0.05) is 5.92 Å². The van der Waals surface area contributed by atoms with Crippen molar-refractivity contribution in [3.05, 3.63) is 5.82 Å². The fourth-order valence-electron chi connectivity index (χ4n) is 1.11. The summed E-state index contributed by atoms with van der Waals surface area (Å²) in [6.45, 7) is 1.90. The van der Waals surface area contributed by atoms with Crippen molar-refractivity contribution < 1.29 is 0 Å². The van der Waals surface area contributed by atoms with E-state index in [2.05, 4.69) is 25.6 Å². The number of hydrogen-bond donors (Lipinski definition) is 2. The van der Waals surface area contributed by atoms with E-state index >= 15 is 0 Å². The van der Waals surface area contributed by atoms with Crippen molar-refractivity contribution in [3.8, 4) is 0 Å². The van der Waals surface area contributed by atoms with Crippen LogP contribution in [0.25, 0.3) is 0 Å². The van der Waals surface area contributed by atoms with Crippen molar-refractivity contribution >= 4 is 5.84 Å². The highest BCUT2D eigenvalue weighted by molar-refractivity contribution is 5.85. The average Bonchev–Trinajstić information content (AvgIpc) is 2.81. The number of amidine groups is 1. The molecule has 6 nitrogen and oxygen atoms in total. The minimum atomic E-state index is -0.0978. The van der Waals surface area contributed by atoms with Gasteiger partial charge in [0.2, 0.25) is 0 Å². The summed E-state index contributed by atoms with van der Waals surface area (Å²) in [6, 6.07) is -0.0978. The molecule has 1 saturated carbocycles. The van der Waals surface area contributed by atoms with Gasteiger partial charge in [-0.3, -0.25) is 4.99 Å². The van der Waals surface area contributed by atoms with E-state index in [0.717, 1.165) is 18.7 Å². The van der Waals surface area contributed by atoms with E-state index in [-0.39, 0.29) is 6.04 Å². The highest BCUT2D eigenvalue weighted by Crippen LogP contribution is 2.29. The molecule has 0 saturated heterocycles. The van der Waals surface area contributed by atoms with E-state index in [1.165, 1.54) is 0 Å². The highest BCUT2D eigenvalue weighted by atomic mass is 15.5. The van der Waals surface area contributed by atoms with Crippen molar-refractivity contribution in [1.29, 1.82) is 0 Å². The van der Waals surface area contributed by atoms with Crippen LogP contribution in [0.3, 0.4) is 0 Å². The number of hydrogen-bond acceptors (Lipinski definition) is 4. The summed E-state index contributed by atoms with van der Waals surface area (Å²) in [7, 11) is 0. The summed E-state index contributed by atoms with van der Waals surface area (Å²) in [5, 5.41) is 13.5. The van der Waals surface area contributed by atoms with Gasteiger partial charge in [-0.15, -0.1) is 10.2 Å². The monoisotopic (exact) mass is 180 g/mol. The molecule has 0 aliphatic heterocycles. The van der Waals surface area contributed by atoms with E-state index in [1.54, 1.807) is 0 Å². The van der Waals surface area contributed by atoms with Crippen LogP contribution in [0.2, 0.25) is 0 Å². The molecule has 1 fully saturated rings. The lowest BCUT2D eigenvalue weighted by Crippen LogP contribution is -2.15. The van der Waals surface area contributed by atoms with Crippen LogP contribution in [-0.2, 0) is 0 Å². The molecule has 1 heterocycles. The Kier molecular flexibility index (Phi) is 1.96.